The molecule has 0 unspecified atom stereocenters. The third-order valence-corrected chi connectivity index (χ3v) is 5.18. The lowest BCUT2D eigenvalue weighted by atomic mass is 10.1. The molecule has 2 amide bonds. The number of fused-ring (bicyclic) bond motifs is 1. The highest BCUT2D eigenvalue weighted by atomic mass is 19.4. The average molecular weight is 428 g/mol. The minimum atomic E-state index is -4.45. The highest BCUT2D eigenvalue weighted by Gasteiger charge is 2.34. The Hall–Kier alpha value is -3.62. The first-order chi connectivity index (χ1) is 14.6. The molecule has 3 heterocycles. The van der Waals surface area contributed by atoms with Crippen LogP contribution in [0.4, 0.5) is 24.5 Å². The largest absolute Gasteiger partial charge is 0.416 e. The molecule has 2 aromatic heterocycles. The number of pyridine rings is 1. The second-order valence-electron chi connectivity index (χ2n) is 7.50. The third kappa shape index (κ3) is 3.90. The van der Waals surface area contributed by atoms with E-state index in [1.165, 1.54) is 23.2 Å². The number of amides is 2. The number of carbonyl (C=O) groups excluding carboxylic acids is 2. The number of nitrogens with one attached hydrogen (secondary N) is 1. The Morgan fingerprint density at radius 2 is 1.87 bits per heavy atom. The van der Waals surface area contributed by atoms with Gasteiger partial charge in [-0.25, -0.2) is 0 Å². The van der Waals surface area contributed by atoms with Gasteiger partial charge >= 0.3 is 6.18 Å². The van der Waals surface area contributed by atoms with Crippen molar-refractivity contribution in [2.45, 2.75) is 26.1 Å². The Kier molecular flexibility index (Phi) is 5.04. The lowest BCUT2D eigenvalue weighted by Crippen LogP contribution is -2.42. The number of carbonyl (C=O) groups is 2. The molecule has 0 aliphatic carbocycles. The molecular formula is C22H19F3N4O2. The highest BCUT2D eigenvalue weighted by molar-refractivity contribution is 6.13. The number of hydrogen-bond donors (Lipinski definition) is 1. The second kappa shape index (κ2) is 7.57. The van der Waals surface area contributed by atoms with Crippen molar-refractivity contribution in [1.82, 2.24) is 9.55 Å². The lowest BCUT2D eigenvalue weighted by Gasteiger charge is -2.33. The van der Waals surface area contributed by atoms with Gasteiger partial charge in [-0.15, -0.1) is 0 Å². The Morgan fingerprint density at radius 1 is 1.16 bits per heavy atom. The molecular weight excluding hydrogens is 409 g/mol. The van der Waals surface area contributed by atoms with Gasteiger partial charge in [-0.2, -0.15) is 13.2 Å². The first kappa shape index (κ1) is 20.6. The fraction of sp³-hybridized carbons (Fsp3) is 0.227. The van der Waals surface area contributed by atoms with Gasteiger partial charge < -0.3 is 14.8 Å². The fourth-order valence-electron chi connectivity index (χ4n) is 3.63. The van der Waals surface area contributed by atoms with Crippen LogP contribution in [0.2, 0.25) is 0 Å². The molecule has 1 N–H and O–H groups in total. The Labute approximate surface area is 176 Å². The second-order valence-corrected chi connectivity index (χ2v) is 7.50. The van der Waals surface area contributed by atoms with Crippen LogP contribution in [0.3, 0.4) is 0 Å². The molecule has 1 aliphatic rings. The minimum Gasteiger partial charge on any atom is -0.337 e. The summed E-state index contributed by atoms with van der Waals surface area (Å²) in [6.45, 7) is 4.00. The summed E-state index contributed by atoms with van der Waals surface area (Å²) in [6, 6.07) is 7.65. The zero-order valence-electron chi connectivity index (χ0n) is 16.8. The van der Waals surface area contributed by atoms with Crippen LogP contribution in [0.5, 0.6) is 0 Å². The van der Waals surface area contributed by atoms with Gasteiger partial charge in [-0.3, -0.25) is 14.6 Å². The zero-order valence-corrected chi connectivity index (χ0v) is 16.8. The van der Waals surface area contributed by atoms with Crippen LogP contribution in [0.25, 0.3) is 0 Å². The SMILES string of the molecule is Cc1cncc(C(=O)Nc2ccn3c2C(=O)N(c2ccc(C(F)(F)F)cc2)C[C@@H]3C)c1. The number of rotatable bonds is 3. The molecule has 9 heteroatoms. The van der Waals surface area contributed by atoms with Crippen molar-refractivity contribution < 1.29 is 22.8 Å². The van der Waals surface area contributed by atoms with E-state index in [9.17, 15) is 22.8 Å². The number of nitrogens with zero attached hydrogens (tertiary/aromatic N) is 3. The third-order valence-electron chi connectivity index (χ3n) is 5.18. The van der Waals surface area contributed by atoms with Gasteiger partial charge in [0, 0.05) is 36.9 Å². The fourth-order valence-corrected chi connectivity index (χ4v) is 3.63. The molecule has 160 valence electrons. The van der Waals surface area contributed by atoms with Crippen LogP contribution >= 0.6 is 0 Å². The number of alkyl halides is 3. The quantitative estimate of drug-likeness (QED) is 0.659. The molecule has 31 heavy (non-hydrogen) atoms. The molecule has 0 saturated carbocycles. The van der Waals surface area contributed by atoms with Gasteiger partial charge in [0.25, 0.3) is 11.8 Å². The molecule has 0 spiro atoms. The summed E-state index contributed by atoms with van der Waals surface area (Å²) in [6.07, 6.45) is 0.328. The smallest absolute Gasteiger partial charge is 0.337 e. The molecule has 3 aromatic rings. The number of halogens is 3. The van der Waals surface area contributed by atoms with Gasteiger partial charge in [-0.05, 0) is 55.8 Å². The highest BCUT2D eigenvalue weighted by Crippen LogP contribution is 2.34. The zero-order chi connectivity index (χ0) is 22.3. The van der Waals surface area contributed by atoms with Crippen LogP contribution in [0, 0.1) is 6.92 Å². The van der Waals surface area contributed by atoms with Crippen LogP contribution in [0.1, 0.15) is 44.9 Å². The van der Waals surface area contributed by atoms with E-state index in [0.717, 1.165) is 17.7 Å². The van der Waals surface area contributed by atoms with Gasteiger partial charge in [-0.1, -0.05) is 0 Å². The van der Waals surface area contributed by atoms with E-state index in [1.54, 1.807) is 29.1 Å². The summed E-state index contributed by atoms with van der Waals surface area (Å²) >= 11 is 0. The Bertz CT molecular complexity index is 1150. The monoisotopic (exact) mass is 428 g/mol. The summed E-state index contributed by atoms with van der Waals surface area (Å²) in [4.78, 5) is 31.3. The predicted molar refractivity (Wildman–Crippen MR) is 109 cm³/mol. The van der Waals surface area contributed by atoms with Crippen LogP contribution < -0.4 is 10.2 Å². The molecule has 0 radical (unpaired) electrons. The van der Waals surface area contributed by atoms with E-state index in [2.05, 4.69) is 10.3 Å². The number of anilines is 2. The number of hydrogen-bond acceptors (Lipinski definition) is 3. The van der Waals surface area contributed by atoms with Crippen LogP contribution in [-0.4, -0.2) is 27.9 Å². The van der Waals surface area contributed by atoms with E-state index in [-0.39, 0.29) is 11.7 Å². The normalized spacial score (nSPS) is 16.2. The Morgan fingerprint density at radius 3 is 2.52 bits per heavy atom. The Balaban J connectivity index is 1.63. The van der Waals surface area contributed by atoms with Crippen molar-refractivity contribution in [1.29, 1.82) is 0 Å². The van der Waals surface area contributed by atoms with Crippen LogP contribution in [-0.2, 0) is 6.18 Å². The number of aryl methyl sites for hydroxylation is 1. The van der Waals surface area contributed by atoms with Gasteiger partial charge in [0.2, 0.25) is 0 Å². The predicted octanol–water partition coefficient (Wildman–Crippen LogP) is 4.68. The number of aromatic nitrogens is 2. The van der Waals surface area contributed by atoms with Crippen molar-refractivity contribution in [2.24, 2.45) is 0 Å². The topological polar surface area (TPSA) is 67.2 Å². The van der Waals surface area contributed by atoms with Crippen molar-refractivity contribution in [3.63, 3.8) is 0 Å². The molecule has 0 bridgehead atoms. The standard InChI is InChI=1S/C22H19F3N4O2/c1-13-9-15(11-26-10-13)20(30)27-18-7-8-28-14(2)12-29(21(31)19(18)28)17-5-3-16(4-6-17)22(23,24)25/h3-11,14H,12H2,1-2H3,(H,27,30)/t14-/m0/s1. The molecule has 1 aliphatic heterocycles. The molecule has 0 fully saturated rings. The molecule has 1 aromatic carbocycles. The van der Waals surface area contributed by atoms with E-state index in [1.807, 2.05) is 13.8 Å². The first-order valence-electron chi connectivity index (χ1n) is 9.58. The van der Waals surface area contributed by atoms with Crippen molar-refractivity contribution >= 4 is 23.2 Å². The summed E-state index contributed by atoms with van der Waals surface area (Å²) in [5.74, 6) is -0.808. The van der Waals surface area contributed by atoms with Crippen molar-refractivity contribution in [3.8, 4) is 0 Å². The molecule has 6 nitrogen and oxygen atoms in total. The van der Waals surface area contributed by atoms with Crippen molar-refractivity contribution in [3.05, 3.63) is 77.4 Å². The maximum Gasteiger partial charge on any atom is 0.416 e. The minimum absolute atomic E-state index is 0.138. The van der Waals surface area contributed by atoms with E-state index >= 15 is 0 Å². The summed E-state index contributed by atoms with van der Waals surface area (Å²) in [7, 11) is 0. The van der Waals surface area contributed by atoms with E-state index in [0.29, 0.717) is 23.5 Å². The average Bonchev–Trinajstić information content (AvgIpc) is 3.14. The molecule has 1 atom stereocenters. The van der Waals surface area contributed by atoms with Crippen molar-refractivity contribution in [2.75, 3.05) is 16.8 Å². The van der Waals surface area contributed by atoms with Gasteiger partial charge in [0.15, 0.2) is 0 Å². The maximum absolute atomic E-state index is 13.2. The summed E-state index contributed by atoms with van der Waals surface area (Å²) in [5, 5.41) is 2.75. The molecule has 0 saturated heterocycles. The summed E-state index contributed by atoms with van der Waals surface area (Å²) < 4.78 is 40.4. The van der Waals surface area contributed by atoms with Crippen LogP contribution in [0.15, 0.2) is 55.0 Å². The van der Waals surface area contributed by atoms with Gasteiger partial charge in [0.1, 0.15) is 5.69 Å². The molecule has 4 rings (SSSR count). The van der Waals surface area contributed by atoms with Gasteiger partial charge in [0.05, 0.1) is 16.8 Å². The van der Waals surface area contributed by atoms with E-state index < -0.39 is 23.6 Å². The maximum atomic E-state index is 13.2. The number of benzene rings is 1. The summed E-state index contributed by atoms with van der Waals surface area (Å²) in [5.41, 5.74) is 1.36. The van der Waals surface area contributed by atoms with E-state index in [4.69, 9.17) is 0 Å². The first-order valence-corrected chi connectivity index (χ1v) is 9.58. The lowest BCUT2D eigenvalue weighted by molar-refractivity contribution is -0.137.